The maximum atomic E-state index is 10.9. The van der Waals surface area contributed by atoms with Gasteiger partial charge in [-0.25, -0.2) is 4.79 Å². The van der Waals surface area contributed by atoms with Gasteiger partial charge >= 0.3 is 5.97 Å². The second-order valence-electron chi connectivity index (χ2n) is 4.29. The van der Waals surface area contributed by atoms with Gasteiger partial charge in [-0.2, -0.15) is 0 Å². The van der Waals surface area contributed by atoms with Crippen LogP contribution in [-0.4, -0.2) is 27.9 Å². The normalized spacial score (nSPS) is 10.3. The summed E-state index contributed by atoms with van der Waals surface area (Å²) in [6.45, 7) is 0.133. The van der Waals surface area contributed by atoms with Gasteiger partial charge in [-0.05, 0) is 24.3 Å². The van der Waals surface area contributed by atoms with Crippen LogP contribution in [0.15, 0.2) is 36.4 Å². The summed E-state index contributed by atoms with van der Waals surface area (Å²) >= 11 is 5.93. The lowest BCUT2D eigenvalue weighted by Gasteiger charge is -2.11. The first kappa shape index (κ1) is 15.0. The second kappa shape index (κ2) is 6.37. The average molecular weight is 309 g/mol. The number of rotatable bonds is 5. The van der Waals surface area contributed by atoms with Crippen LogP contribution in [-0.2, 0) is 6.42 Å². The lowest BCUT2D eigenvalue weighted by Crippen LogP contribution is -2.05. The molecule has 0 saturated heterocycles. The Morgan fingerprint density at radius 2 is 1.86 bits per heavy atom. The van der Waals surface area contributed by atoms with E-state index in [0.29, 0.717) is 10.8 Å². The molecule has 0 aliphatic carbocycles. The Morgan fingerprint density at radius 3 is 2.52 bits per heavy atom. The Labute approximate surface area is 126 Å². The van der Waals surface area contributed by atoms with E-state index in [1.807, 2.05) is 0 Å². The molecule has 0 saturated carbocycles. The van der Waals surface area contributed by atoms with E-state index >= 15 is 0 Å². The fraction of sp³-hybridized carbons (Fsp3) is 0.133. The van der Waals surface area contributed by atoms with Crippen molar-refractivity contribution < 1.29 is 24.9 Å². The number of hydrogen-bond acceptors (Lipinski definition) is 4. The summed E-state index contributed by atoms with van der Waals surface area (Å²) in [5.74, 6) is -1.42. The van der Waals surface area contributed by atoms with Crippen LogP contribution in [0.5, 0.6) is 17.2 Å². The quantitative estimate of drug-likeness (QED) is 0.790. The van der Waals surface area contributed by atoms with Crippen LogP contribution in [0.25, 0.3) is 0 Å². The molecule has 2 aromatic carbocycles. The molecule has 0 spiro atoms. The van der Waals surface area contributed by atoms with E-state index in [0.717, 1.165) is 6.07 Å². The van der Waals surface area contributed by atoms with Gasteiger partial charge in [-0.1, -0.05) is 23.7 Å². The molecule has 0 aliphatic heterocycles. The minimum Gasteiger partial charge on any atom is -0.508 e. The predicted molar refractivity (Wildman–Crippen MR) is 77.4 cm³/mol. The van der Waals surface area contributed by atoms with Gasteiger partial charge in [0, 0.05) is 12.0 Å². The molecule has 0 aliphatic rings. The number of phenolic OH excluding ortho intramolecular Hbond substituents is 1. The molecule has 0 radical (unpaired) electrons. The highest BCUT2D eigenvalue weighted by Gasteiger charge is 2.16. The standard InChI is InChI=1S/C15H13ClO5/c16-11-3-1-2-4-13(11)21-8-7-9-12(17)6-5-10(14(9)18)15(19)20/h1-6,17-18H,7-8H2,(H,19,20). The predicted octanol–water partition coefficient (Wildman–Crippen LogP) is 3.07. The van der Waals surface area contributed by atoms with Crippen LogP contribution in [0.3, 0.4) is 0 Å². The summed E-state index contributed by atoms with van der Waals surface area (Å²) in [6, 6.07) is 9.27. The van der Waals surface area contributed by atoms with Crippen molar-refractivity contribution in [2.45, 2.75) is 6.42 Å². The highest BCUT2D eigenvalue weighted by Crippen LogP contribution is 2.31. The van der Waals surface area contributed by atoms with E-state index in [1.54, 1.807) is 24.3 Å². The number of carboxylic acid groups (broad SMARTS) is 1. The Morgan fingerprint density at radius 1 is 1.14 bits per heavy atom. The highest BCUT2D eigenvalue weighted by atomic mass is 35.5. The third-order valence-electron chi connectivity index (χ3n) is 2.93. The fourth-order valence-corrected chi connectivity index (χ4v) is 2.06. The van der Waals surface area contributed by atoms with Crippen LogP contribution in [0.4, 0.5) is 0 Å². The number of carboxylic acids is 1. The third-order valence-corrected chi connectivity index (χ3v) is 3.25. The lowest BCUT2D eigenvalue weighted by atomic mass is 10.1. The lowest BCUT2D eigenvalue weighted by molar-refractivity contribution is 0.0693. The summed E-state index contributed by atoms with van der Waals surface area (Å²) in [7, 11) is 0. The molecule has 0 atom stereocenters. The van der Waals surface area contributed by atoms with Crippen molar-refractivity contribution in [1.29, 1.82) is 0 Å². The number of aromatic hydroxyl groups is 2. The van der Waals surface area contributed by atoms with Gasteiger partial charge < -0.3 is 20.1 Å². The van der Waals surface area contributed by atoms with E-state index in [1.165, 1.54) is 6.07 Å². The van der Waals surface area contributed by atoms with Crippen molar-refractivity contribution in [1.82, 2.24) is 0 Å². The van der Waals surface area contributed by atoms with Crippen LogP contribution < -0.4 is 4.74 Å². The summed E-state index contributed by atoms with van der Waals surface area (Å²) < 4.78 is 5.45. The Kier molecular flexibility index (Phi) is 4.55. The van der Waals surface area contributed by atoms with Gasteiger partial charge in [0.25, 0.3) is 0 Å². The molecule has 2 rings (SSSR count). The molecule has 0 aromatic heterocycles. The van der Waals surface area contributed by atoms with Crippen molar-refractivity contribution in [2.24, 2.45) is 0 Å². The number of phenols is 2. The van der Waals surface area contributed by atoms with Crippen LogP contribution >= 0.6 is 11.6 Å². The van der Waals surface area contributed by atoms with E-state index in [-0.39, 0.29) is 29.9 Å². The third kappa shape index (κ3) is 3.38. The number of benzene rings is 2. The molecular weight excluding hydrogens is 296 g/mol. The molecule has 0 bridgehead atoms. The number of ether oxygens (including phenoxy) is 1. The van der Waals surface area contributed by atoms with Crippen LogP contribution in [0, 0.1) is 0 Å². The maximum absolute atomic E-state index is 10.9. The minimum atomic E-state index is -1.26. The van der Waals surface area contributed by atoms with E-state index in [4.69, 9.17) is 21.4 Å². The van der Waals surface area contributed by atoms with Gasteiger partial charge in [0.05, 0.1) is 11.6 Å². The fourth-order valence-electron chi connectivity index (χ4n) is 1.87. The van der Waals surface area contributed by atoms with Crippen molar-refractivity contribution in [2.75, 3.05) is 6.61 Å². The molecule has 0 fully saturated rings. The number of hydrogen-bond donors (Lipinski definition) is 3. The first-order valence-corrected chi connectivity index (χ1v) is 6.53. The molecule has 5 nitrogen and oxygen atoms in total. The highest BCUT2D eigenvalue weighted by molar-refractivity contribution is 6.32. The van der Waals surface area contributed by atoms with Crippen molar-refractivity contribution >= 4 is 17.6 Å². The second-order valence-corrected chi connectivity index (χ2v) is 4.70. The Hall–Kier alpha value is -2.40. The smallest absolute Gasteiger partial charge is 0.339 e. The topological polar surface area (TPSA) is 87.0 Å². The van der Waals surface area contributed by atoms with Gasteiger partial charge in [-0.3, -0.25) is 0 Å². The monoisotopic (exact) mass is 308 g/mol. The van der Waals surface area contributed by atoms with Crippen LogP contribution in [0.1, 0.15) is 15.9 Å². The van der Waals surface area contributed by atoms with Crippen molar-refractivity contribution in [3.63, 3.8) is 0 Å². The first-order valence-electron chi connectivity index (χ1n) is 6.15. The number of para-hydroxylation sites is 1. The number of aromatic carboxylic acids is 1. The van der Waals surface area contributed by atoms with E-state index in [2.05, 4.69) is 0 Å². The molecular formula is C15H13ClO5. The molecule has 0 amide bonds. The van der Waals surface area contributed by atoms with Gasteiger partial charge in [-0.15, -0.1) is 0 Å². The van der Waals surface area contributed by atoms with Gasteiger partial charge in [0.1, 0.15) is 22.8 Å². The summed E-state index contributed by atoms with van der Waals surface area (Å²) in [5.41, 5.74) is -0.137. The average Bonchev–Trinajstić information content (AvgIpc) is 2.44. The molecule has 2 aromatic rings. The first-order chi connectivity index (χ1) is 10.0. The van der Waals surface area contributed by atoms with Crippen molar-refractivity contribution in [3.8, 4) is 17.2 Å². The SMILES string of the molecule is O=C(O)c1ccc(O)c(CCOc2ccccc2Cl)c1O. The largest absolute Gasteiger partial charge is 0.508 e. The summed E-state index contributed by atoms with van der Waals surface area (Å²) in [5, 5.41) is 29.0. The molecule has 110 valence electrons. The summed E-state index contributed by atoms with van der Waals surface area (Å²) in [4.78, 5) is 10.9. The van der Waals surface area contributed by atoms with E-state index < -0.39 is 11.7 Å². The molecule has 0 unspecified atom stereocenters. The molecule has 0 heterocycles. The number of halogens is 1. The Balaban J connectivity index is 2.12. The van der Waals surface area contributed by atoms with Gasteiger partial charge in [0.2, 0.25) is 0 Å². The Bertz CT molecular complexity index is 669. The maximum Gasteiger partial charge on any atom is 0.339 e. The molecule has 3 N–H and O–H groups in total. The summed E-state index contributed by atoms with van der Waals surface area (Å²) in [6.07, 6.45) is 0.143. The van der Waals surface area contributed by atoms with Crippen LogP contribution in [0.2, 0.25) is 5.02 Å². The van der Waals surface area contributed by atoms with Gasteiger partial charge in [0.15, 0.2) is 0 Å². The zero-order valence-electron chi connectivity index (χ0n) is 10.9. The molecule has 21 heavy (non-hydrogen) atoms. The number of carbonyl (C=O) groups is 1. The van der Waals surface area contributed by atoms with Crippen molar-refractivity contribution in [3.05, 3.63) is 52.5 Å². The zero-order valence-corrected chi connectivity index (χ0v) is 11.7. The molecule has 6 heteroatoms. The minimum absolute atomic E-state index is 0.127. The zero-order chi connectivity index (χ0) is 15.4. The van der Waals surface area contributed by atoms with E-state index in [9.17, 15) is 15.0 Å².